The molecule has 0 radical (unpaired) electrons. The number of carbonyl (C=O) groups is 1. The normalized spacial score (nSPS) is 25.9. The molecule has 0 aromatic heterocycles. The van der Waals surface area contributed by atoms with Gasteiger partial charge in [-0.15, -0.1) is 0 Å². The van der Waals surface area contributed by atoms with Crippen molar-refractivity contribution in [3.05, 3.63) is 81.5 Å². The lowest BCUT2D eigenvalue weighted by Gasteiger charge is -2.41. The van der Waals surface area contributed by atoms with Gasteiger partial charge in [0.05, 0.1) is 24.8 Å². The fourth-order valence-corrected chi connectivity index (χ4v) is 4.34. The third-order valence-corrected chi connectivity index (χ3v) is 5.88. The molecular formula is C22H23FN4O3. The topological polar surface area (TPSA) is 87.5 Å². The van der Waals surface area contributed by atoms with Crippen molar-refractivity contribution < 1.29 is 18.7 Å². The predicted octanol–water partition coefficient (Wildman–Crippen LogP) is 3.78. The summed E-state index contributed by atoms with van der Waals surface area (Å²) in [6.07, 6.45) is -0.109. The fourth-order valence-electron chi connectivity index (χ4n) is 4.34. The van der Waals surface area contributed by atoms with Crippen molar-refractivity contribution in [3.8, 4) is 0 Å². The van der Waals surface area contributed by atoms with Crippen LogP contribution in [0.3, 0.4) is 0 Å². The van der Waals surface area contributed by atoms with Gasteiger partial charge in [-0.2, -0.15) is 0 Å². The number of rotatable bonds is 4. The summed E-state index contributed by atoms with van der Waals surface area (Å²) < 4.78 is 24.7. The van der Waals surface area contributed by atoms with Crippen LogP contribution in [0.15, 0.2) is 53.6 Å². The molecule has 156 valence electrons. The number of benzene rings is 2. The molecular weight excluding hydrogens is 387 g/mol. The first-order chi connectivity index (χ1) is 14.6. The highest BCUT2D eigenvalue weighted by atomic mass is 19.1. The first-order valence-corrected chi connectivity index (χ1v) is 9.94. The molecule has 1 fully saturated rings. The molecule has 0 N–H and O–H groups in total. The summed E-state index contributed by atoms with van der Waals surface area (Å²) in [6.45, 7) is 0.708. The lowest BCUT2D eigenvalue weighted by Crippen LogP contribution is -2.51. The van der Waals surface area contributed by atoms with E-state index in [1.54, 1.807) is 17.0 Å². The van der Waals surface area contributed by atoms with Gasteiger partial charge in [0, 0.05) is 18.6 Å². The minimum absolute atomic E-state index is 0.161. The zero-order valence-corrected chi connectivity index (χ0v) is 16.6. The first kappa shape index (κ1) is 20.3. The number of azide groups is 1. The Morgan fingerprint density at radius 1 is 1.27 bits per heavy atom. The fraction of sp³-hybridized carbons (Fsp3) is 0.409. The molecule has 1 saturated heterocycles. The predicted molar refractivity (Wildman–Crippen MR) is 108 cm³/mol. The van der Waals surface area contributed by atoms with E-state index in [1.165, 1.54) is 24.8 Å². The standard InChI is InChI=1S/C22H23FN4O3/c1-29-20-13-30-19(12-18(20)25-26-24)22(28)27-11-10-14-4-2-3-5-17(14)21(27)15-6-8-16(23)9-7-15/h2-9,18-21H,10-13H2,1H3/t18?,19-,20+,21+/m1/s1. The number of fused-ring (bicyclic) bond motifs is 1. The number of halogens is 1. The second-order valence-electron chi connectivity index (χ2n) is 7.54. The molecule has 1 unspecified atom stereocenters. The van der Waals surface area contributed by atoms with Gasteiger partial charge in [-0.05, 0) is 47.2 Å². The Hall–Kier alpha value is -2.93. The number of carbonyl (C=O) groups excluding carboxylic acids is 1. The highest BCUT2D eigenvalue weighted by Gasteiger charge is 2.40. The van der Waals surface area contributed by atoms with Gasteiger partial charge < -0.3 is 14.4 Å². The van der Waals surface area contributed by atoms with Gasteiger partial charge in [-0.3, -0.25) is 4.79 Å². The van der Waals surface area contributed by atoms with Crippen LogP contribution in [0.25, 0.3) is 10.4 Å². The number of ether oxygens (including phenoxy) is 2. The summed E-state index contributed by atoms with van der Waals surface area (Å²) in [7, 11) is 1.53. The average molecular weight is 410 g/mol. The van der Waals surface area contributed by atoms with Crippen LogP contribution >= 0.6 is 0 Å². The molecule has 7 nitrogen and oxygen atoms in total. The maximum atomic E-state index is 13.5. The summed E-state index contributed by atoms with van der Waals surface area (Å²) in [5.74, 6) is -0.481. The van der Waals surface area contributed by atoms with Crippen molar-refractivity contribution in [2.75, 3.05) is 20.3 Å². The van der Waals surface area contributed by atoms with E-state index in [9.17, 15) is 9.18 Å². The monoisotopic (exact) mass is 410 g/mol. The van der Waals surface area contributed by atoms with E-state index >= 15 is 0 Å². The Kier molecular flexibility index (Phi) is 5.99. The summed E-state index contributed by atoms with van der Waals surface area (Å²) >= 11 is 0. The molecule has 2 heterocycles. The maximum absolute atomic E-state index is 13.5. The molecule has 2 aromatic carbocycles. The molecule has 2 aromatic rings. The van der Waals surface area contributed by atoms with Crippen LogP contribution in [0.5, 0.6) is 0 Å². The van der Waals surface area contributed by atoms with Gasteiger partial charge in [0.1, 0.15) is 11.9 Å². The van der Waals surface area contributed by atoms with E-state index in [0.29, 0.717) is 6.54 Å². The van der Waals surface area contributed by atoms with Gasteiger partial charge in [-0.25, -0.2) is 4.39 Å². The van der Waals surface area contributed by atoms with Crippen LogP contribution in [0.2, 0.25) is 0 Å². The third-order valence-electron chi connectivity index (χ3n) is 5.88. The van der Waals surface area contributed by atoms with Crippen LogP contribution in [0.1, 0.15) is 29.2 Å². The van der Waals surface area contributed by atoms with Crippen molar-refractivity contribution >= 4 is 5.91 Å². The lowest BCUT2D eigenvalue weighted by molar-refractivity contribution is -0.156. The molecule has 30 heavy (non-hydrogen) atoms. The smallest absolute Gasteiger partial charge is 0.252 e. The van der Waals surface area contributed by atoms with Crippen LogP contribution in [0.4, 0.5) is 4.39 Å². The zero-order chi connectivity index (χ0) is 21.1. The molecule has 2 aliphatic rings. The molecule has 0 aliphatic carbocycles. The van der Waals surface area contributed by atoms with E-state index < -0.39 is 12.1 Å². The number of hydrogen-bond acceptors (Lipinski definition) is 4. The minimum atomic E-state index is -0.722. The quantitative estimate of drug-likeness (QED) is 0.437. The first-order valence-electron chi connectivity index (χ1n) is 9.94. The van der Waals surface area contributed by atoms with Crippen LogP contribution in [-0.2, 0) is 20.7 Å². The lowest BCUT2D eigenvalue weighted by atomic mass is 9.87. The summed E-state index contributed by atoms with van der Waals surface area (Å²) in [6, 6.07) is 13.5. The third kappa shape index (κ3) is 3.89. The molecule has 0 bridgehead atoms. The maximum Gasteiger partial charge on any atom is 0.252 e. The van der Waals surface area contributed by atoms with Crippen molar-refractivity contribution in [1.82, 2.24) is 4.90 Å². The Bertz CT molecular complexity index is 961. The Balaban J connectivity index is 1.65. The molecule has 4 atom stereocenters. The van der Waals surface area contributed by atoms with Crippen molar-refractivity contribution in [2.45, 2.75) is 37.1 Å². The number of methoxy groups -OCH3 is 1. The van der Waals surface area contributed by atoms with E-state index in [1.807, 2.05) is 18.2 Å². The minimum Gasteiger partial charge on any atom is -0.379 e. The highest BCUT2D eigenvalue weighted by Crippen LogP contribution is 2.36. The van der Waals surface area contributed by atoms with Crippen molar-refractivity contribution in [2.24, 2.45) is 5.11 Å². The zero-order valence-electron chi connectivity index (χ0n) is 16.6. The van der Waals surface area contributed by atoms with Gasteiger partial charge >= 0.3 is 0 Å². The number of hydrogen-bond donors (Lipinski definition) is 0. The van der Waals surface area contributed by atoms with Gasteiger partial charge in [0.25, 0.3) is 5.91 Å². The van der Waals surface area contributed by atoms with E-state index in [-0.39, 0.29) is 36.9 Å². The second kappa shape index (κ2) is 8.83. The van der Waals surface area contributed by atoms with Crippen LogP contribution in [-0.4, -0.2) is 49.3 Å². The number of amides is 1. The Labute approximate surface area is 174 Å². The molecule has 8 heteroatoms. The number of nitrogens with zero attached hydrogens (tertiary/aromatic N) is 4. The average Bonchev–Trinajstić information content (AvgIpc) is 2.78. The van der Waals surface area contributed by atoms with E-state index in [0.717, 1.165) is 17.5 Å². The van der Waals surface area contributed by atoms with E-state index in [2.05, 4.69) is 16.1 Å². The molecule has 0 saturated carbocycles. The van der Waals surface area contributed by atoms with Gasteiger partial charge in [0.2, 0.25) is 0 Å². The summed E-state index contributed by atoms with van der Waals surface area (Å²) in [4.78, 5) is 18.2. The van der Waals surface area contributed by atoms with Crippen molar-refractivity contribution in [1.29, 1.82) is 0 Å². The summed E-state index contributed by atoms with van der Waals surface area (Å²) in [5, 5.41) is 3.80. The molecule has 1 amide bonds. The van der Waals surface area contributed by atoms with E-state index in [4.69, 9.17) is 15.0 Å². The van der Waals surface area contributed by atoms with Crippen LogP contribution in [0, 0.1) is 5.82 Å². The Morgan fingerprint density at radius 3 is 2.77 bits per heavy atom. The van der Waals surface area contributed by atoms with Crippen molar-refractivity contribution in [3.63, 3.8) is 0 Å². The van der Waals surface area contributed by atoms with Gasteiger partial charge in [-0.1, -0.05) is 41.5 Å². The SMILES string of the molecule is CO[C@H]1CO[C@@H](C(=O)N2CCc3ccccc3[C@@H]2c2ccc(F)cc2)CC1N=[N+]=[N-]. The summed E-state index contributed by atoms with van der Waals surface area (Å²) in [5.41, 5.74) is 11.9. The molecule has 2 aliphatic heterocycles. The largest absolute Gasteiger partial charge is 0.379 e. The highest BCUT2D eigenvalue weighted by molar-refractivity contribution is 5.82. The Morgan fingerprint density at radius 2 is 2.03 bits per heavy atom. The molecule has 4 rings (SSSR count). The second-order valence-corrected chi connectivity index (χ2v) is 7.54. The van der Waals surface area contributed by atoms with Crippen LogP contribution < -0.4 is 0 Å². The molecule has 0 spiro atoms. The van der Waals surface area contributed by atoms with Gasteiger partial charge in [0.15, 0.2) is 0 Å².